The molecule has 178 valence electrons. The predicted molar refractivity (Wildman–Crippen MR) is 126 cm³/mol. The number of carboxylic acids is 1. The van der Waals surface area contributed by atoms with E-state index in [0.717, 1.165) is 70.0 Å². The van der Waals surface area contributed by atoms with Crippen molar-refractivity contribution in [1.29, 1.82) is 0 Å². The second kappa shape index (κ2) is 17.7. The van der Waals surface area contributed by atoms with Gasteiger partial charge in [-0.3, -0.25) is 14.6 Å². The van der Waals surface area contributed by atoms with Gasteiger partial charge in [-0.05, 0) is 77.0 Å². The Morgan fingerprint density at radius 3 is 2.42 bits per heavy atom. The standard InChI is InChI=1S/C14H27NO2.C7H9N.C4H8O2/c1-3-4-11-15-13(10-9-12(2)16)7-5-6-8-14(15)17;1-6-3-4-8-7(2)5-6;1-2-3-4(5)6/h12-13,16H,3-11H2,1-2H3;3-5H,1-2H3;2-3H2,1H3,(H,5,6). The van der Waals surface area contributed by atoms with E-state index >= 15 is 0 Å². The smallest absolute Gasteiger partial charge is 0.303 e. The fraction of sp³-hybridized carbons (Fsp3) is 0.720. The summed E-state index contributed by atoms with van der Waals surface area (Å²) in [5, 5.41) is 17.3. The Balaban J connectivity index is 0.000000529. The minimum Gasteiger partial charge on any atom is -0.481 e. The molecular formula is C25H44N2O4. The van der Waals surface area contributed by atoms with Gasteiger partial charge in [-0.15, -0.1) is 0 Å². The summed E-state index contributed by atoms with van der Waals surface area (Å²) in [5.74, 6) is -0.385. The van der Waals surface area contributed by atoms with Crippen LogP contribution in [0.3, 0.4) is 0 Å². The van der Waals surface area contributed by atoms with E-state index in [4.69, 9.17) is 5.11 Å². The molecule has 0 bridgehead atoms. The van der Waals surface area contributed by atoms with Crippen LogP contribution in [0.5, 0.6) is 0 Å². The van der Waals surface area contributed by atoms with Crippen molar-refractivity contribution in [2.45, 2.75) is 111 Å². The van der Waals surface area contributed by atoms with E-state index in [-0.39, 0.29) is 6.10 Å². The molecule has 0 radical (unpaired) electrons. The minimum atomic E-state index is -0.711. The molecule has 2 rings (SSSR count). The summed E-state index contributed by atoms with van der Waals surface area (Å²) in [7, 11) is 0. The molecule has 1 fully saturated rings. The van der Waals surface area contributed by atoms with Gasteiger partial charge in [0.2, 0.25) is 5.91 Å². The second-order valence-electron chi connectivity index (χ2n) is 8.38. The van der Waals surface area contributed by atoms with Crippen LogP contribution in [0.2, 0.25) is 0 Å². The molecule has 2 atom stereocenters. The number of rotatable bonds is 8. The zero-order valence-electron chi connectivity index (χ0n) is 20.3. The van der Waals surface area contributed by atoms with Crippen LogP contribution in [0, 0.1) is 13.8 Å². The summed E-state index contributed by atoms with van der Waals surface area (Å²) < 4.78 is 0. The van der Waals surface area contributed by atoms with Crippen LogP contribution >= 0.6 is 0 Å². The van der Waals surface area contributed by atoms with Crippen molar-refractivity contribution in [2.75, 3.05) is 6.54 Å². The van der Waals surface area contributed by atoms with Crippen molar-refractivity contribution in [3.05, 3.63) is 29.6 Å². The Bertz CT molecular complexity index is 602. The van der Waals surface area contributed by atoms with Gasteiger partial charge in [0.25, 0.3) is 0 Å². The Morgan fingerprint density at radius 1 is 1.26 bits per heavy atom. The molecule has 1 aromatic rings. The lowest BCUT2D eigenvalue weighted by Gasteiger charge is -2.30. The van der Waals surface area contributed by atoms with Gasteiger partial charge in [0.1, 0.15) is 0 Å². The summed E-state index contributed by atoms with van der Waals surface area (Å²) in [6, 6.07) is 4.42. The van der Waals surface area contributed by atoms with Crippen LogP contribution in [-0.4, -0.2) is 50.7 Å². The number of unbranched alkanes of at least 4 members (excludes halogenated alkanes) is 1. The number of carbonyl (C=O) groups excluding carboxylic acids is 1. The first-order valence-electron chi connectivity index (χ1n) is 11.8. The number of nitrogens with zero attached hydrogens (tertiary/aromatic N) is 2. The Kier molecular flexibility index (Phi) is 16.6. The number of aliphatic hydroxyl groups is 1. The van der Waals surface area contributed by atoms with Crippen LogP contribution < -0.4 is 0 Å². The third-order valence-corrected chi connectivity index (χ3v) is 5.13. The molecule has 6 nitrogen and oxygen atoms in total. The SMILES string of the molecule is CCCC(=O)O.CCCCN1C(=O)CCCCC1CCC(C)O.Cc1ccnc(C)c1. The van der Waals surface area contributed by atoms with E-state index in [9.17, 15) is 14.7 Å². The first-order valence-corrected chi connectivity index (χ1v) is 11.8. The van der Waals surface area contributed by atoms with Crippen molar-refractivity contribution in [3.63, 3.8) is 0 Å². The summed E-state index contributed by atoms with van der Waals surface area (Å²) in [6.45, 7) is 10.8. The molecule has 0 aliphatic carbocycles. The molecule has 2 heterocycles. The summed E-state index contributed by atoms with van der Waals surface area (Å²) in [6.07, 6.45) is 10.6. The van der Waals surface area contributed by atoms with E-state index in [0.29, 0.717) is 18.4 Å². The van der Waals surface area contributed by atoms with Gasteiger partial charge >= 0.3 is 5.97 Å². The van der Waals surface area contributed by atoms with Gasteiger partial charge in [-0.1, -0.05) is 26.7 Å². The van der Waals surface area contributed by atoms with E-state index in [1.54, 1.807) is 0 Å². The Hall–Kier alpha value is -1.95. The molecule has 0 saturated carbocycles. The number of hydrogen-bond donors (Lipinski definition) is 2. The van der Waals surface area contributed by atoms with Crippen LogP contribution in [-0.2, 0) is 9.59 Å². The van der Waals surface area contributed by atoms with Gasteiger partial charge in [-0.25, -0.2) is 0 Å². The number of aliphatic carboxylic acids is 1. The number of aromatic nitrogens is 1. The number of carbonyl (C=O) groups is 2. The second-order valence-corrected chi connectivity index (χ2v) is 8.38. The van der Waals surface area contributed by atoms with Gasteiger partial charge in [-0.2, -0.15) is 0 Å². The molecule has 1 aliphatic rings. The van der Waals surface area contributed by atoms with Crippen molar-refractivity contribution in [1.82, 2.24) is 9.88 Å². The predicted octanol–water partition coefficient (Wildman–Crippen LogP) is 5.29. The topological polar surface area (TPSA) is 90.7 Å². The Morgan fingerprint density at radius 2 is 1.97 bits per heavy atom. The first-order chi connectivity index (χ1) is 14.7. The molecule has 2 N–H and O–H groups in total. The third kappa shape index (κ3) is 15.5. The monoisotopic (exact) mass is 436 g/mol. The van der Waals surface area contributed by atoms with Gasteiger partial charge in [0.05, 0.1) is 6.10 Å². The van der Waals surface area contributed by atoms with E-state index in [1.165, 1.54) is 5.56 Å². The molecule has 31 heavy (non-hydrogen) atoms. The molecule has 1 saturated heterocycles. The normalized spacial score (nSPS) is 16.9. The molecule has 1 aliphatic heterocycles. The molecule has 6 heteroatoms. The number of aryl methyl sites for hydroxylation is 2. The maximum absolute atomic E-state index is 12.0. The number of aliphatic hydroxyl groups excluding tert-OH is 1. The van der Waals surface area contributed by atoms with Crippen molar-refractivity contribution in [3.8, 4) is 0 Å². The first kappa shape index (κ1) is 29.1. The third-order valence-electron chi connectivity index (χ3n) is 5.13. The zero-order valence-corrected chi connectivity index (χ0v) is 20.3. The molecule has 2 unspecified atom stereocenters. The van der Waals surface area contributed by atoms with Crippen molar-refractivity contribution in [2.24, 2.45) is 0 Å². The molecule has 1 aromatic heterocycles. The summed E-state index contributed by atoms with van der Waals surface area (Å²) in [4.78, 5) is 27.8. The largest absolute Gasteiger partial charge is 0.481 e. The maximum Gasteiger partial charge on any atom is 0.303 e. The summed E-state index contributed by atoms with van der Waals surface area (Å²) in [5.41, 5.74) is 2.36. The van der Waals surface area contributed by atoms with Gasteiger partial charge < -0.3 is 15.1 Å². The molecule has 0 aromatic carbocycles. The number of pyridine rings is 1. The lowest BCUT2D eigenvalue weighted by molar-refractivity contribution is -0.137. The highest BCUT2D eigenvalue weighted by atomic mass is 16.4. The summed E-state index contributed by atoms with van der Waals surface area (Å²) >= 11 is 0. The molecular weight excluding hydrogens is 392 g/mol. The highest BCUT2D eigenvalue weighted by Crippen LogP contribution is 2.22. The quantitative estimate of drug-likeness (QED) is 0.578. The highest BCUT2D eigenvalue weighted by molar-refractivity contribution is 5.76. The fourth-order valence-corrected chi connectivity index (χ4v) is 3.43. The lowest BCUT2D eigenvalue weighted by atomic mass is 10.0. The Labute approximate surface area is 189 Å². The average Bonchev–Trinajstić information content (AvgIpc) is 2.86. The van der Waals surface area contributed by atoms with Crippen molar-refractivity contribution < 1.29 is 19.8 Å². The van der Waals surface area contributed by atoms with Gasteiger partial charge in [0, 0.05) is 37.3 Å². The maximum atomic E-state index is 12.0. The van der Waals surface area contributed by atoms with Gasteiger partial charge in [0.15, 0.2) is 0 Å². The number of hydrogen-bond acceptors (Lipinski definition) is 4. The average molecular weight is 437 g/mol. The lowest BCUT2D eigenvalue weighted by Crippen LogP contribution is -2.40. The number of carboxylic acid groups (broad SMARTS) is 1. The fourth-order valence-electron chi connectivity index (χ4n) is 3.43. The van der Waals surface area contributed by atoms with Crippen LogP contribution in [0.1, 0.15) is 96.2 Å². The highest BCUT2D eigenvalue weighted by Gasteiger charge is 2.25. The zero-order chi connectivity index (χ0) is 23.6. The van der Waals surface area contributed by atoms with Crippen LogP contribution in [0.4, 0.5) is 0 Å². The number of amides is 1. The van der Waals surface area contributed by atoms with Crippen LogP contribution in [0.15, 0.2) is 18.3 Å². The van der Waals surface area contributed by atoms with E-state index in [2.05, 4.69) is 29.8 Å². The van der Waals surface area contributed by atoms with E-state index in [1.807, 2.05) is 33.0 Å². The number of likely N-dealkylation sites (tertiary alicyclic amines) is 1. The van der Waals surface area contributed by atoms with Crippen molar-refractivity contribution >= 4 is 11.9 Å². The van der Waals surface area contributed by atoms with E-state index < -0.39 is 5.97 Å². The molecule has 0 spiro atoms. The minimum absolute atomic E-state index is 0.249. The van der Waals surface area contributed by atoms with Crippen LogP contribution in [0.25, 0.3) is 0 Å². The molecule has 1 amide bonds.